The lowest BCUT2D eigenvalue weighted by Gasteiger charge is -2.48. The Morgan fingerprint density at radius 2 is 1.78 bits per heavy atom. The normalized spacial score (nSPS) is 25.1. The van der Waals surface area contributed by atoms with E-state index in [9.17, 15) is 9.59 Å². The molecule has 0 aromatic carbocycles. The zero-order valence-corrected chi connectivity index (χ0v) is 16.9. The van der Waals surface area contributed by atoms with E-state index < -0.39 is 5.60 Å². The number of aromatic nitrogens is 1. The molecule has 2 aliphatic heterocycles. The molecule has 1 amide bonds. The van der Waals surface area contributed by atoms with E-state index >= 15 is 0 Å². The number of pyridine rings is 1. The number of amides is 1. The van der Waals surface area contributed by atoms with Crippen molar-refractivity contribution in [2.75, 3.05) is 7.11 Å². The van der Waals surface area contributed by atoms with E-state index in [0.717, 1.165) is 19.3 Å². The third-order valence-electron chi connectivity index (χ3n) is 5.48. The Morgan fingerprint density at radius 3 is 2.30 bits per heavy atom. The number of hydrogen-bond acceptors (Lipinski definition) is 5. The first-order valence-electron chi connectivity index (χ1n) is 9.76. The van der Waals surface area contributed by atoms with E-state index in [1.54, 1.807) is 19.2 Å². The second kappa shape index (κ2) is 7.49. The number of fused-ring (bicyclic) bond motifs is 2. The summed E-state index contributed by atoms with van der Waals surface area (Å²) < 4.78 is 10.8. The Balaban J connectivity index is 1.76. The van der Waals surface area contributed by atoms with E-state index in [-0.39, 0.29) is 29.9 Å². The lowest BCUT2D eigenvalue weighted by molar-refractivity contribution is -0.0261. The Kier molecular flexibility index (Phi) is 5.45. The van der Waals surface area contributed by atoms with E-state index in [0.29, 0.717) is 30.0 Å². The predicted octanol–water partition coefficient (Wildman–Crippen LogP) is 4.15. The van der Waals surface area contributed by atoms with Crippen molar-refractivity contribution < 1.29 is 19.1 Å². The van der Waals surface area contributed by atoms with Gasteiger partial charge >= 0.3 is 6.09 Å². The minimum absolute atomic E-state index is 0.0760. The molecule has 2 bridgehead atoms. The smallest absolute Gasteiger partial charge is 0.410 e. The molecule has 0 saturated carbocycles. The minimum atomic E-state index is -0.510. The molecule has 1 aromatic heterocycles. The van der Waals surface area contributed by atoms with E-state index in [4.69, 9.17) is 9.47 Å². The fraction of sp³-hybridized carbons (Fsp3) is 0.667. The first kappa shape index (κ1) is 19.6. The fourth-order valence-electron chi connectivity index (χ4n) is 4.34. The summed E-state index contributed by atoms with van der Waals surface area (Å²) in [6.07, 6.45) is 4.10. The van der Waals surface area contributed by atoms with Crippen LogP contribution in [0.1, 0.15) is 68.9 Å². The van der Waals surface area contributed by atoms with Crippen molar-refractivity contribution in [3.8, 4) is 5.88 Å². The van der Waals surface area contributed by atoms with Gasteiger partial charge in [-0.15, -0.1) is 0 Å². The predicted molar refractivity (Wildman–Crippen MR) is 102 cm³/mol. The number of carbonyl (C=O) groups is 2. The van der Waals surface area contributed by atoms with Gasteiger partial charge in [0.1, 0.15) is 5.60 Å². The van der Waals surface area contributed by atoms with Crippen LogP contribution in [0, 0.1) is 12.8 Å². The van der Waals surface area contributed by atoms with Crippen LogP contribution in [0.3, 0.4) is 0 Å². The first-order valence-corrected chi connectivity index (χ1v) is 9.76. The van der Waals surface area contributed by atoms with E-state index in [1.165, 1.54) is 0 Å². The summed E-state index contributed by atoms with van der Waals surface area (Å²) in [5, 5.41) is 0. The largest absolute Gasteiger partial charge is 0.481 e. The maximum Gasteiger partial charge on any atom is 0.410 e. The summed E-state index contributed by atoms with van der Waals surface area (Å²) in [4.78, 5) is 32.1. The average Bonchev–Trinajstić information content (AvgIpc) is 2.58. The van der Waals surface area contributed by atoms with Crippen LogP contribution in [0.5, 0.6) is 5.88 Å². The average molecular weight is 374 g/mol. The molecule has 27 heavy (non-hydrogen) atoms. The molecule has 0 radical (unpaired) electrons. The monoisotopic (exact) mass is 374 g/mol. The van der Waals surface area contributed by atoms with Crippen LogP contribution in [-0.4, -0.2) is 46.6 Å². The number of ether oxygens (including phenoxy) is 2. The summed E-state index contributed by atoms with van der Waals surface area (Å²) in [7, 11) is 1.57. The van der Waals surface area contributed by atoms with Crippen molar-refractivity contribution in [2.45, 2.75) is 77.5 Å². The number of methoxy groups -OCH3 is 1. The van der Waals surface area contributed by atoms with Gasteiger partial charge in [0, 0.05) is 29.6 Å². The molecule has 6 nitrogen and oxygen atoms in total. The highest BCUT2D eigenvalue weighted by Crippen LogP contribution is 2.39. The second-order valence-corrected chi connectivity index (χ2v) is 8.65. The van der Waals surface area contributed by atoms with Gasteiger partial charge in [-0.2, -0.15) is 0 Å². The summed E-state index contributed by atoms with van der Waals surface area (Å²) in [6, 6.07) is 3.69. The Morgan fingerprint density at radius 1 is 1.15 bits per heavy atom. The summed E-state index contributed by atoms with van der Waals surface area (Å²) in [5.74, 6) is 0.567. The van der Waals surface area contributed by atoms with Crippen LogP contribution in [0.15, 0.2) is 12.1 Å². The number of aryl methyl sites for hydroxylation is 1. The molecule has 148 valence electrons. The first-order chi connectivity index (χ1) is 12.7. The highest BCUT2D eigenvalue weighted by Gasteiger charge is 2.44. The Hall–Kier alpha value is -2.11. The van der Waals surface area contributed by atoms with Gasteiger partial charge in [-0.1, -0.05) is 0 Å². The fourth-order valence-corrected chi connectivity index (χ4v) is 4.34. The van der Waals surface area contributed by atoms with Crippen LogP contribution in [-0.2, 0) is 4.74 Å². The van der Waals surface area contributed by atoms with Crippen molar-refractivity contribution in [1.29, 1.82) is 0 Å². The van der Waals surface area contributed by atoms with Crippen molar-refractivity contribution in [2.24, 2.45) is 5.92 Å². The molecule has 0 N–H and O–H groups in total. The number of Topliss-reactive ketones (excluding diaryl/α,β-unsaturated/α-hetero) is 1. The van der Waals surface area contributed by atoms with Gasteiger partial charge in [-0.05, 0) is 65.9 Å². The highest BCUT2D eigenvalue weighted by atomic mass is 16.6. The van der Waals surface area contributed by atoms with Crippen LogP contribution in [0.25, 0.3) is 0 Å². The number of carbonyl (C=O) groups excluding carboxylic acids is 2. The molecule has 0 aliphatic carbocycles. The molecule has 3 heterocycles. The van der Waals surface area contributed by atoms with Crippen molar-refractivity contribution >= 4 is 11.9 Å². The van der Waals surface area contributed by atoms with E-state index in [2.05, 4.69) is 4.98 Å². The third kappa shape index (κ3) is 4.25. The lowest BCUT2D eigenvalue weighted by atomic mass is 9.75. The number of nitrogens with zero attached hydrogens (tertiary/aromatic N) is 2. The zero-order valence-electron chi connectivity index (χ0n) is 16.9. The molecule has 1 aromatic rings. The summed E-state index contributed by atoms with van der Waals surface area (Å²) in [6.45, 7) is 7.50. The van der Waals surface area contributed by atoms with Crippen LogP contribution in [0.2, 0.25) is 0 Å². The minimum Gasteiger partial charge on any atom is -0.481 e. The third-order valence-corrected chi connectivity index (χ3v) is 5.48. The molecular formula is C21H30N2O4. The Bertz CT molecular complexity index is 711. The molecule has 0 spiro atoms. The van der Waals surface area contributed by atoms with Gasteiger partial charge in [0.15, 0.2) is 5.78 Å². The molecule has 2 saturated heterocycles. The molecule has 2 unspecified atom stereocenters. The van der Waals surface area contributed by atoms with Crippen LogP contribution in [0.4, 0.5) is 4.79 Å². The summed E-state index contributed by atoms with van der Waals surface area (Å²) in [5.41, 5.74) is 0.841. The number of rotatable bonds is 3. The number of piperidine rings is 2. The molecule has 2 aliphatic rings. The van der Waals surface area contributed by atoms with Gasteiger partial charge in [0.05, 0.1) is 12.8 Å². The van der Waals surface area contributed by atoms with Crippen LogP contribution >= 0.6 is 0 Å². The quantitative estimate of drug-likeness (QED) is 0.744. The van der Waals surface area contributed by atoms with Gasteiger partial charge in [0.25, 0.3) is 0 Å². The molecular weight excluding hydrogens is 344 g/mol. The topological polar surface area (TPSA) is 68.7 Å². The number of hydrogen-bond donors (Lipinski definition) is 0. The molecule has 3 rings (SSSR count). The van der Waals surface area contributed by atoms with Gasteiger partial charge in [-0.25, -0.2) is 9.78 Å². The zero-order chi connectivity index (χ0) is 19.8. The SMILES string of the molecule is COc1ccc(C(=O)C2CC3CCCC(C2)N3C(=O)OC(C)(C)C)c(C)n1. The van der Waals surface area contributed by atoms with Gasteiger partial charge in [0.2, 0.25) is 5.88 Å². The highest BCUT2D eigenvalue weighted by molar-refractivity contribution is 5.99. The number of ketones is 1. The van der Waals surface area contributed by atoms with Crippen molar-refractivity contribution in [1.82, 2.24) is 9.88 Å². The van der Waals surface area contributed by atoms with Crippen LogP contribution < -0.4 is 4.74 Å². The standard InChI is InChI=1S/C21H30N2O4/c1-13-17(9-10-18(22-13)26-5)19(24)14-11-15-7-6-8-16(12-14)23(15)20(25)27-21(2,3)4/h9-10,14-16H,6-8,11-12H2,1-5H3. The van der Waals surface area contributed by atoms with Crippen molar-refractivity contribution in [3.05, 3.63) is 23.4 Å². The lowest BCUT2D eigenvalue weighted by Crippen LogP contribution is -2.56. The second-order valence-electron chi connectivity index (χ2n) is 8.65. The van der Waals surface area contributed by atoms with Crippen molar-refractivity contribution in [3.63, 3.8) is 0 Å². The van der Waals surface area contributed by atoms with E-state index in [1.807, 2.05) is 32.6 Å². The molecule has 2 atom stereocenters. The van der Waals surface area contributed by atoms with Gasteiger partial charge < -0.3 is 14.4 Å². The maximum absolute atomic E-state index is 13.1. The Labute approximate surface area is 161 Å². The maximum atomic E-state index is 13.1. The molecule has 6 heteroatoms. The molecule has 2 fully saturated rings. The van der Waals surface area contributed by atoms with Gasteiger partial charge in [-0.3, -0.25) is 4.79 Å². The summed E-state index contributed by atoms with van der Waals surface area (Å²) >= 11 is 0.